The molecule has 0 fully saturated rings. The van der Waals surface area contributed by atoms with Crippen LogP contribution >= 0.6 is 15.9 Å². The molecule has 2 aromatic carbocycles. The van der Waals surface area contributed by atoms with Crippen molar-refractivity contribution >= 4 is 33.3 Å². The Morgan fingerprint density at radius 2 is 1.96 bits per heavy atom. The minimum absolute atomic E-state index is 0.197. The summed E-state index contributed by atoms with van der Waals surface area (Å²) in [6.07, 6.45) is 0. The molecule has 7 nitrogen and oxygen atoms in total. The van der Waals surface area contributed by atoms with Gasteiger partial charge < -0.3 is 20.9 Å². The number of amides is 1. The number of benzene rings is 2. The standard InChI is InChI=1S/C19H17BrN4O3/c1-10-16(17(21)24(23-10)12-4-6-13(27-2)7-5-12)19(26)14-9-11(20)3-8-15(14)22-18(19)25/h3-9,26H,21H2,1-2H3,(H,22,25). The molecule has 0 bridgehead atoms. The van der Waals surface area contributed by atoms with Gasteiger partial charge in [-0.25, -0.2) is 4.68 Å². The van der Waals surface area contributed by atoms with Gasteiger partial charge in [-0.2, -0.15) is 5.10 Å². The number of nitrogen functional groups attached to an aromatic ring is 1. The van der Waals surface area contributed by atoms with Gasteiger partial charge in [0.1, 0.15) is 11.6 Å². The third-order valence-electron chi connectivity index (χ3n) is 4.72. The minimum Gasteiger partial charge on any atom is -0.497 e. The zero-order chi connectivity index (χ0) is 19.3. The number of anilines is 2. The van der Waals surface area contributed by atoms with Crippen LogP contribution in [0.3, 0.4) is 0 Å². The fourth-order valence-corrected chi connectivity index (χ4v) is 3.78. The Labute approximate surface area is 163 Å². The molecule has 3 aromatic rings. The summed E-state index contributed by atoms with van der Waals surface area (Å²) in [4.78, 5) is 12.7. The third kappa shape index (κ3) is 2.52. The van der Waals surface area contributed by atoms with Gasteiger partial charge in [-0.1, -0.05) is 15.9 Å². The summed E-state index contributed by atoms with van der Waals surface area (Å²) in [5.41, 5.74) is 6.84. The monoisotopic (exact) mass is 428 g/mol. The highest BCUT2D eigenvalue weighted by Gasteiger charge is 2.50. The first-order valence-corrected chi connectivity index (χ1v) is 8.99. The van der Waals surface area contributed by atoms with E-state index in [0.29, 0.717) is 28.4 Å². The lowest BCUT2D eigenvalue weighted by atomic mass is 9.87. The normalized spacial score (nSPS) is 18.3. The molecule has 1 atom stereocenters. The van der Waals surface area contributed by atoms with Gasteiger partial charge in [-0.3, -0.25) is 4.79 Å². The molecule has 4 rings (SSSR count). The number of hydrogen-bond donors (Lipinski definition) is 3. The molecule has 0 saturated carbocycles. The highest BCUT2D eigenvalue weighted by molar-refractivity contribution is 9.10. The predicted octanol–water partition coefficient (Wildman–Crippen LogP) is 2.72. The molecule has 1 aromatic heterocycles. The molecule has 27 heavy (non-hydrogen) atoms. The number of nitrogens with two attached hydrogens (primary N) is 1. The maximum absolute atomic E-state index is 12.7. The first-order chi connectivity index (χ1) is 12.9. The minimum atomic E-state index is -1.92. The number of hydrogen-bond acceptors (Lipinski definition) is 5. The van der Waals surface area contributed by atoms with Crippen molar-refractivity contribution in [2.24, 2.45) is 0 Å². The van der Waals surface area contributed by atoms with E-state index in [1.807, 2.05) is 0 Å². The zero-order valence-corrected chi connectivity index (χ0v) is 16.2. The maximum Gasteiger partial charge on any atom is 0.266 e. The smallest absolute Gasteiger partial charge is 0.266 e. The van der Waals surface area contributed by atoms with Crippen LogP contribution < -0.4 is 15.8 Å². The van der Waals surface area contributed by atoms with Gasteiger partial charge in [0.05, 0.1) is 24.1 Å². The number of nitrogens with one attached hydrogen (secondary N) is 1. The topological polar surface area (TPSA) is 102 Å². The van der Waals surface area contributed by atoms with Crippen molar-refractivity contribution < 1.29 is 14.6 Å². The molecular formula is C19H17BrN4O3. The van der Waals surface area contributed by atoms with Crippen LogP contribution in [0.25, 0.3) is 5.69 Å². The molecule has 2 heterocycles. The molecule has 0 saturated heterocycles. The quantitative estimate of drug-likeness (QED) is 0.594. The maximum atomic E-state index is 12.7. The fourth-order valence-electron chi connectivity index (χ4n) is 3.42. The van der Waals surface area contributed by atoms with Crippen molar-refractivity contribution in [1.29, 1.82) is 0 Å². The lowest BCUT2D eigenvalue weighted by molar-refractivity contribution is -0.129. The van der Waals surface area contributed by atoms with E-state index >= 15 is 0 Å². The molecule has 0 radical (unpaired) electrons. The van der Waals surface area contributed by atoms with Gasteiger partial charge >= 0.3 is 0 Å². The SMILES string of the molecule is COc1ccc(-n2nc(C)c(C3(O)C(=O)Nc4ccc(Br)cc43)c2N)cc1. The summed E-state index contributed by atoms with van der Waals surface area (Å²) in [5, 5.41) is 18.6. The zero-order valence-electron chi connectivity index (χ0n) is 14.7. The summed E-state index contributed by atoms with van der Waals surface area (Å²) >= 11 is 3.39. The Bertz CT molecular complexity index is 1060. The Morgan fingerprint density at radius 1 is 1.26 bits per heavy atom. The second-order valence-electron chi connectivity index (χ2n) is 6.31. The third-order valence-corrected chi connectivity index (χ3v) is 5.22. The van der Waals surface area contributed by atoms with Crippen molar-refractivity contribution in [2.75, 3.05) is 18.2 Å². The lowest BCUT2D eigenvalue weighted by Gasteiger charge is -2.21. The van der Waals surface area contributed by atoms with E-state index in [4.69, 9.17) is 10.5 Å². The van der Waals surface area contributed by atoms with Crippen molar-refractivity contribution in [3.05, 3.63) is 63.8 Å². The van der Waals surface area contributed by atoms with Crippen molar-refractivity contribution in [2.45, 2.75) is 12.5 Å². The average molecular weight is 429 g/mol. The van der Waals surface area contributed by atoms with Crippen LogP contribution in [-0.4, -0.2) is 27.9 Å². The first-order valence-electron chi connectivity index (χ1n) is 8.20. The van der Waals surface area contributed by atoms with Crippen LogP contribution in [0.1, 0.15) is 16.8 Å². The lowest BCUT2D eigenvalue weighted by Crippen LogP contribution is -2.36. The van der Waals surface area contributed by atoms with Crippen LogP contribution in [-0.2, 0) is 10.4 Å². The molecule has 138 valence electrons. The van der Waals surface area contributed by atoms with Crippen LogP contribution in [0.5, 0.6) is 5.75 Å². The van der Waals surface area contributed by atoms with E-state index in [2.05, 4.69) is 26.3 Å². The number of aryl methyl sites for hydroxylation is 1. The number of fused-ring (bicyclic) bond motifs is 1. The molecule has 1 amide bonds. The second-order valence-corrected chi connectivity index (χ2v) is 7.23. The van der Waals surface area contributed by atoms with Gasteiger partial charge in [0.2, 0.25) is 5.60 Å². The molecule has 1 aliphatic heterocycles. The van der Waals surface area contributed by atoms with Crippen LogP contribution in [0.4, 0.5) is 11.5 Å². The van der Waals surface area contributed by atoms with Crippen LogP contribution in [0.2, 0.25) is 0 Å². The Morgan fingerprint density at radius 3 is 2.63 bits per heavy atom. The fraction of sp³-hybridized carbons (Fsp3) is 0.158. The number of rotatable bonds is 3. The molecular weight excluding hydrogens is 412 g/mol. The van der Waals surface area contributed by atoms with E-state index in [1.165, 1.54) is 4.68 Å². The average Bonchev–Trinajstić information content (AvgIpc) is 3.09. The van der Waals surface area contributed by atoms with E-state index in [-0.39, 0.29) is 11.4 Å². The highest BCUT2D eigenvalue weighted by Crippen LogP contribution is 2.45. The van der Waals surface area contributed by atoms with E-state index in [1.54, 1.807) is 56.5 Å². The van der Waals surface area contributed by atoms with Crippen molar-refractivity contribution in [1.82, 2.24) is 9.78 Å². The molecule has 1 unspecified atom stereocenters. The van der Waals surface area contributed by atoms with Crippen LogP contribution in [0.15, 0.2) is 46.9 Å². The second kappa shape index (κ2) is 6.11. The number of methoxy groups -OCH3 is 1. The molecule has 0 spiro atoms. The van der Waals surface area contributed by atoms with Gasteiger partial charge in [-0.15, -0.1) is 0 Å². The number of carbonyl (C=O) groups excluding carboxylic acids is 1. The van der Waals surface area contributed by atoms with E-state index in [9.17, 15) is 9.90 Å². The number of aliphatic hydroxyl groups is 1. The summed E-state index contributed by atoms with van der Waals surface area (Å²) < 4.78 is 7.42. The van der Waals surface area contributed by atoms with E-state index < -0.39 is 11.5 Å². The largest absolute Gasteiger partial charge is 0.497 e. The number of halogens is 1. The number of aromatic nitrogens is 2. The summed E-state index contributed by atoms with van der Waals surface area (Å²) in [5.74, 6) is 0.344. The Balaban J connectivity index is 1.89. The highest BCUT2D eigenvalue weighted by atomic mass is 79.9. The summed E-state index contributed by atoms with van der Waals surface area (Å²) in [6.45, 7) is 1.72. The number of carbonyl (C=O) groups is 1. The Kier molecular flexibility index (Phi) is 3.97. The van der Waals surface area contributed by atoms with Crippen molar-refractivity contribution in [3.8, 4) is 11.4 Å². The predicted molar refractivity (Wildman–Crippen MR) is 105 cm³/mol. The van der Waals surface area contributed by atoms with Crippen LogP contribution in [0, 0.1) is 6.92 Å². The Hall–Kier alpha value is -2.84. The molecule has 4 N–H and O–H groups in total. The number of nitrogens with zero attached hydrogens (tertiary/aromatic N) is 2. The van der Waals surface area contributed by atoms with Crippen molar-refractivity contribution in [3.63, 3.8) is 0 Å². The first kappa shape index (κ1) is 17.6. The van der Waals surface area contributed by atoms with Gasteiger partial charge in [0, 0.05) is 15.7 Å². The van der Waals surface area contributed by atoms with E-state index in [0.717, 1.165) is 4.47 Å². The van der Waals surface area contributed by atoms with Gasteiger partial charge in [0.25, 0.3) is 5.91 Å². The molecule has 0 aliphatic carbocycles. The summed E-state index contributed by atoms with van der Waals surface area (Å²) in [7, 11) is 1.59. The molecule has 1 aliphatic rings. The summed E-state index contributed by atoms with van der Waals surface area (Å²) in [6, 6.07) is 12.4. The number of ether oxygens (including phenoxy) is 1. The van der Waals surface area contributed by atoms with Gasteiger partial charge in [-0.05, 0) is 49.4 Å². The molecule has 8 heteroatoms. The van der Waals surface area contributed by atoms with Gasteiger partial charge in [0.15, 0.2) is 0 Å².